The van der Waals surface area contributed by atoms with E-state index in [1.807, 2.05) is 27.0 Å². The van der Waals surface area contributed by atoms with Crippen molar-refractivity contribution in [2.45, 2.75) is 26.7 Å². The van der Waals surface area contributed by atoms with Crippen LogP contribution >= 0.6 is 22.6 Å². The number of aromatic nitrogens is 4. The summed E-state index contributed by atoms with van der Waals surface area (Å²) in [6.45, 7) is 5.99. The molecular weight excluding hydrogens is 329 g/mol. The Morgan fingerprint density at radius 3 is 2.59 bits per heavy atom. The number of hydrogen-bond donors (Lipinski definition) is 1. The molecule has 0 saturated heterocycles. The van der Waals surface area contributed by atoms with E-state index in [-0.39, 0.29) is 5.92 Å². The zero-order valence-electron chi connectivity index (χ0n) is 9.98. The first-order valence-electron chi connectivity index (χ1n) is 5.33. The number of nitrogens with zero attached hydrogens (tertiary/aromatic N) is 4. The fourth-order valence-corrected chi connectivity index (χ4v) is 1.83. The van der Waals surface area contributed by atoms with Crippen LogP contribution in [0.15, 0.2) is 12.4 Å². The largest absolute Gasteiger partial charge is 0.383 e. The maximum absolute atomic E-state index is 5.91. The molecule has 0 spiro atoms. The van der Waals surface area contributed by atoms with E-state index >= 15 is 0 Å². The molecule has 0 atom stereocenters. The Bertz CT molecular complexity index is 547. The molecule has 0 radical (unpaired) electrons. The summed E-state index contributed by atoms with van der Waals surface area (Å²) in [4.78, 5) is 8.81. The van der Waals surface area contributed by atoms with Crippen LogP contribution in [-0.4, -0.2) is 19.7 Å². The topological polar surface area (TPSA) is 69.6 Å². The summed E-state index contributed by atoms with van der Waals surface area (Å²) in [5, 5.41) is 4.25. The van der Waals surface area contributed by atoms with Gasteiger partial charge in [0.2, 0.25) is 0 Å². The molecule has 0 fully saturated rings. The van der Waals surface area contributed by atoms with E-state index in [0.29, 0.717) is 5.82 Å². The molecule has 2 N–H and O–H groups in total. The predicted molar refractivity (Wildman–Crippen MR) is 75.1 cm³/mol. The standard InChI is InChI=1S/C11H14IN5/c1-6(2)10-15-9(13)7(3)11(16-10)17-5-8(12)4-14-17/h4-6H,1-3H3,(H2,13,15,16). The van der Waals surface area contributed by atoms with Crippen LogP contribution < -0.4 is 5.73 Å². The van der Waals surface area contributed by atoms with E-state index in [1.54, 1.807) is 10.9 Å². The fraction of sp³-hybridized carbons (Fsp3) is 0.364. The lowest BCUT2D eigenvalue weighted by molar-refractivity contribution is 0.743. The highest BCUT2D eigenvalue weighted by Gasteiger charge is 2.13. The summed E-state index contributed by atoms with van der Waals surface area (Å²) in [5.74, 6) is 2.26. The molecule has 2 heterocycles. The SMILES string of the molecule is Cc1c(N)nc(C(C)C)nc1-n1cc(I)cn1. The molecule has 0 aliphatic rings. The summed E-state index contributed by atoms with van der Waals surface area (Å²) in [7, 11) is 0. The van der Waals surface area contributed by atoms with Gasteiger partial charge in [-0.3, -0.25) is 0 Å². The van der Waals surface area contributed by atoms with Gasteiger partial charge in [-0.25, -0.2) is 14.6 Å². The average molecular weight is 343 g/mol. The smallest absolute Gasteiger partial charge is 0.162 e. The lowest BCUT2D eigenvalue weighted by Crippen LogP contribution is -2.10. The second-order valence-corrected chi connectivity index (χ2v) is 5.42. The van der Waals surface area contributed by atoms with Crippen molar-refractivity contribution in [1.29, 1.82) is 0 Å². The molecule has 0 amide bonds. The van der Waals surface area contributed by atoms with Crippen LogP contribution in [0.2, 0.25) is 0 Å². The number of anilines is 1. The zero-order chi connectivity index (χ0) is 12.6. The van der Waals surface area contributed by atoms with Crippen molar-refractivity contribution in [3.05, 3.63) is 27.4 Å². The monoisotopic (exact) mass is 343 g/mol. The normalized spacial score (nSPS) is 11.1. The van der Waals surface area contributed by atoms with E-state index in [1.165, 1.54) is 0 Å². The minimum absolute atomic E-state index is 0.242. The highest BCUT2D eigenvalue weighted by molar-refractivity contribution is 14.1. The van der Waals surface area contributed by atoms with E-state index in [0.717, 1.165) is 20.8 Å². The lowest BCUT2D eigenvalue weighted by Gasteiger charge is -2.11. The second-order valence-electron chi connectivity index (χ2n) is 4.17. The Balaban J connectivity index is 2.60. The third-order valence-corrected chi connectivity index (χ3v) is 3.02. The third kappa shape index (κ3) is 2.41. The predicted octanol–water partition coefficient (Wildman–Crippen LogP) is 2.28. The zero-order valence-corrected chi connectivity index (χ0v) is 12.1. The van der Waals surface area contributed by atoms with Gasteiger partial charge in [0.1, 0.15) is 11.6 Å². The van der Waals surface area contributed by atoms with Crippen LogP contribution in [0, 0.1) is 10.5 Å². The maximum Gasteiger partial charge on any atom is 0.162 e. The highest BCUT2D eigenvalue weighted by Crippen LogP contribution is 2.20. The molecule has 0 saturated carbocycles. The summed E-state index contributed by atoms with van der Waals surface area (Å²) < 4.78 is 2.80. The van der Waals surface area contributed by atoms with Crippen molar-refractivity contribution >= 4 is 28.4 Å². The molecule has 2 aromatic heterocycles. The molecule has 0 aromatic carbocycles. The van der Waals surface area contributed by atoms with E-state index in [4.69, 9.17) is 5.73 Å². The van der Waals surface area contributed by atoms with Crippen molar-refractivity contribution in [2.75, 3.05) is 5.73 Å². The maximum atomic E-state index is 5.91. The number of hydrogen-bond acceptors (Lipinski definition) is 4. The molecule has 0 aliphatic carbocycles. The molecule has 6 heteroatoms. The van der Waals surface area contributed by atoms with E-state index < -0.39 is 0 Å². The molecule has 0 aliphatic heterocycles. The minimum atomic E-state index is 0.242. The van der Waals surface area contributed by atoms with Gasteiger partial charge in [0.15, 0.2) is 5.82 Å². The molecule has 0 unspecified atom stereocenters. The van der Waals surface area contributed by atoms with Gasteiger partial charge in [0.25, 0.3) is 0 Å². The Labute approximate surface area is 114 Å². The summed E-state index contributed by atoms with van der Waals surface area (Å²) in [5.41, 5.74) is 6.76. The number of nitrogens with two attached hydrogens (primary N) is 1. The molecule has 2 rings (SSSR count). The van der Waals surface area contributed by atoms with Crippen molar-refractivity contribution < 1.29 is 0 Å². The molecule has 90 valence electrons. The molecule has 2 aromatic rings. The van der Waals surface area contributed by atoms with Crippen LogP contribution in [0.5, 0.6) is 0 Å². The van der Waals surface area contributed by atoms with Crippen molar-refractivity contribution in [1.82, 2.24) is 19.7 Å². The summed E-state index contributed by atoms with van der Waals surface area (Å²) in [6.07, 6.45) is 3.70. The van der Waals surface area contributed by atoms with Crippen LogP contribution in [-0.2, 0) is 0 Å². The van der Waals surface area contributed by atoms with Gasteiger partial charge in [0, 0.05) is 17.7 Å². The molecule has 0 bridgehead atoms. The average Bonchev–Trinajstić information content (AvgIpc) is 2.68. The quantitative estimate of drug-likeness (QED) is 0.850. The molecular formula is C11H14IN5. The van der Waals surface area contributed by atoms with E-state index in [9.17, 15) is 0 Å². The first kappa shape index (κ1) is 12.3. The van der Waals surface area contributed by atoms with E-state index in [2.05, 4.69) is 37.7 Å². The van der Waals surface area contributed by atoms with Gasteiger partial charge in [-0.2, -0.15) is 5.10 Å². The minimum Gasteiger partial charge on any atom is -0.383 e. The Morgan fingerprint density at radius 2 is 2.06 bits per heavy atom. The highest BCUT2D eigenvalue weighted by atomic mass is 127. The van der Waals surface area contributed by atoms with Crippen molar-refractivity contribution in [3.63, 3.8) is 0 Å². The molecule has 17 heavy (non-hydrogen) atoms. The summed E-state index contributed by atoms with van der Waals surface area (Å²) in [6, 6.07) is 0. The second kappa shape index (κ2) is 4.59. The van der Waals surface area contributed by atoms with Crippen molar-refractivity contribution in [3.8, 4) is 5.82 Å². The van der Waals surface area contributed by atoms with Crippen LogP contribution in [0.3, 0.4) is 0 Å². The third-order valence-electron chi connectivity index (χ3n) is 2.46. The molecule has 5 nitrogen and oxygen atoms in total. The van der Waals surface area contributed by atoms with Gasteiger partial charge in [-0.05, 0) is 29.5 Å². The number of halogens is 1. The van der Waals surface area contributed by atoms with Gasteiger partial charge >= 0.3 is 0 Å². The van der Waals surface area contributed by atoms with Gasteiger partial charge < -0.3 is 5.73 Å². The Hall–Kier alpha value is -1.18. The fourth-order valence-electron chi connectivity index (χ4n) is 1.44. The Kier molecular flexibility index (Phi) is 3.32. The van der Waals surface area contributed by atoms with Crippen LogP contribution in [0.25, 0.3) is 5.82 Å². The number of nitrogen functional groups attached to an aromatic ring is 1. The number of rotatable bonds is 2. The first-order chi connectivity index (χ1) is 7.99. The van der Waals surface area contributed by atoms with Gasteiger partial charge in [0.05, 0.1) is 9.77 Å². The van der Waals surface area contributed by atoms with Crippen molar-refractivity contribution in [2.24, 2.45) is 0 Å². The van der Waals surface area contributed by atoms with Gasteiger partial charge in [-0.15, -0.1) is 0 Å². The summed E-state index contributed by atoms with van der Waals surface area (Å²) >= 11 is 2.21. The van der Waals surface area contributed by atoms with Gasteiger partial charge in [-0.1, -0.05) is 13.8 Å². The van der Waals surface area contributed by atoms with Crippen LogP contribution in [0.1, 0.15) is 31.2 Å². The first-order valence-corrected chi connectivity index (χ1v) is 6.41. The Morgan fingerprint density at radius 1 is 1.35 bits per heavy atom. The van der Waals surface area contributed by atoms with Crippen LogP contribution in [0.4, 0.5) is 5.82 Å². The lowest BCUT2D eigenvalue weighted by atomic mass is 10.2.